The number of imide groups is 1. The molecule has 152 valence electrons. The second-order valence-corrected chi connectivity index (χ2v) is 8.48. The zero-order chi connectivity index (χ0) is 20.5. The van der Waals surface area contributed by atoms with Crippen molar-refractivity contribution >= 4 is 41.0 Å². The molecular weight excluding hydrogens is 403 g/mol. The number of nitrogens with zero attached hydrogens (tertiary/aromatic N) is 1. The molecule has 0 aromatic heterocycles. The quantitative estimate of drug-likeness (QED) is 0.630. The van der Waals surface area contributed by atoms with Gasteiger partial charge in [-0.05, 0) is 56.2 Å². The average Bonchev–Trinajstić information content (AvgIpc) is 2.86. The molecule has 1 saturated carbocycles. The highest BCUT2D eigenvalue weighted by Crippen LogP contribution is 2.35. The fourth-order valence-corrected chi connectivity index (χ4v) is 4.26. The first kappa shape index (κ1) is 20.9. The molecule has 1 saturated heterocycles. The third-order valence-electron chi connectivity index (χ3n) is 5.52. The van der Waals surface area contributed by atoms with Crippen LogP contribution in [0.15, 0.2) is 18.2 Å². The summed E-state index contributed by atoms with van der Waals surface area (Å²) in [6.45, 7) is 3.91. The number of nitrogens with one attached hydrogen (secondary N) is 3. The Hall–Kier alpha value is -1.83. The zero-order valence-electron chi connectivity index (χ0n) is 15.9. The van der Waals surface area contributed by atoms with Crippen LogP contribution in [0.3, 0.4) is 0 Å². The van der Waals surface area contributed by atoms with E-state index in [1.807, 2.05) is 6.92 Å². The molecule has 1 aromatic rings. The van der Waals surface area contributed by atoms with Crippen molar-refractivity contribution in [3.05, 3.63) is 33.8 Å². The second-order valence-electron chi connectivity index (χ2n) is 7.64. The summed E-state index contributed by atoms with van der Waals surface area (Å²) in [6.07, 6.45) is 2.92. The minimum atomic E-state index is -0.881. The number of hydrazine groups is 1. The summed E-state index contributed by atoms with van der Waals surface area (Å²) in [7, 11) is 0. The van der Waals surface area contributed by atoms with Gasteiger partial charge in [0.05, 0.1) is 6.54 Å². The summed E-state index contributed by atoms with van der Waals surface area (Å²) >= 11 is 12.1. The van der Waals surface area contributed by atoms with Crippen LogP contribution < -0.4 is 16.1 Å². The number of halogens is 2. The van der Waals surface area contributed by atoms with E-state index in [0.29, 0.717) is 28.8 Å². The molecule has 1 heterocycles. The molecule has 1 aromatic carbocycles. The van der Waals surface area contributed by atoms with E-state index in [-0.39, 0.29) is 18.5 Å². The predicted molar refractivity (Wildman–Crippen MR) is 107 cm³/mol. The molecule has 3 rings (SSSR count). The number of hydrogen-bond acceptors (Lipinski definition) is 4. The van der Waals surface area contributed by atoms with Gasteiger partial charge in [-0.2, -0.15) is 5.01 Å². The number of carbonyl (C=O) groups excluding carboxylic acids is 3. The van der Waals surface area contributed by atoms with Crippen molar-refractivity contribution in [3.8, 4) is 0 Å². The number of benzene rings is 1. The summed E-state index contributed by atoms with van der Waals surface area (Å²) < 4.78 is 0. The number of amides is 4. The maximum atomic E-state index is 12.7. The summed E-state index contributed by atoms with van der Waals surface area (Å²) in [4.78, 5) is 37.3. The van der Waals surface area contributed by atoms with Crippen LogP contribution >= 0.6 is 23.2 Å². The van der Waals surface area contributed by atoms with Gasteiger partial charge in [0.2, 0.25) is 0 Å². The summed E-state index contributed by atoms with van der Waals surface area (Å²) in [5, 5.41) is 7.63. The van der Waals surface area contributed by atoms with Gasteiger partial charge in [-0.15, -0.1) is 0 Å². The lowest BCUT2D eigenvalue weighted by atomic mass is 9.77. The van der Waals surface area contributed by atoms with E-state index >= 15 is 0 Å². The van der Waals surface area contributed by atoms with Crippen LogP contribution in [-0.4, -0.2) is 34.9 Å². The molecule has 2 aliphatic rings. The van der Waals surface area contributed by atoms with E-state index in [1.54, 1.807) is 18.2 Å². The number of rotatable bonds is 5. The largest absolute Gasteiger partial charge is 0.344 e. The average molecular weight is 427 g/mol. The molecule has 7 nitrogen and oxygen atoms in total. The monoisotopic (exact) mass is 426 g/mol. The maximum absolute atomic E-state index is 12.7. The van der Waals surface area contributed by atoms with Gasteiger partial charge < -0.3 is 10.6 Å². The van der Waals surface area contributed by atoms with Gasteiger partial charge in [0, 0.05) is 16.1 Å². The molecule has 28 heavy (non-hydrogen) atoms. The Kier molecular flexibility index (Phi) is 6.17. The minimum Gasteiger partial charge on any atom is -0.322 e. The lowest BCUT2D eigenvalue weighted by Gasteiger charge is -2.33. The summed E-state index contributed by atoms with van der Waals surface area (Å²) in [5.74, 6) is -0.336. The van der Waals surface area contributed by atoms with Crippen LogP contribution in [0.1, 0.15) is 51.1 Å². The van der Waals surface area contributed by atoms with Crippen LogP contribution in [0.5, 0.6) is 0 Å². The Morgan fingerprint density at radius 2 is 2.00 bits per heavy atom. The first-order valence-electron chi connectivity index (χ1n) is 9.36. The molecule has 3 N–H and O–H groups in total. The Morgan fingerprint density at radius 1 is 1.32 bits per heavy atom. The third kappa shape index (κ3) is 4.26. The molecular formula is C19H24Cl2N4O3. The van der Waals surface area contributed by atoms with E-state index in [0.717, 1.165) is 23.4 Å². The van der Waals surface area contributed by atoms with Gasteiger partial charge in [0.1, 0.15) is 5.54 Å². The Bertz CT molecular complexity index is 793. The molecule has 2 fully saturated rings. The van der Waals surface area contributed by atoms with Gasteiger partial charge in [-0.3, -0.25) is 15.0 Å². The van der Waals surface area contributed by atoms with E-state index in [1.165, 1.54) is 0 Å². The van der Waals surface area contributed by atoms with Crippen LogP contribution in [0, 0.1) is 5.92 Å². The second kappa shape index (κ2) is 8.27. The third-order valence-corrected chi connectivity index (χ3v) is 6.09. The molecule has 0 unspecified atom stereocenters. The highest BCUT2D eigenvalue weighted by Gasteiger charge is 2.52. The minimum absolute atomic E-state index is 0.0821. The van der Waals surface area contributed by atoms with Gasteiger partial charge in [-0.25, -0.2) is 4.79 Å². The van der Waals surface area contributed by atoms with Crippen molar-refractivity contribution in [2.45, 2.75) is 51.1 Å². The topological polar surface area (TPSA) is 90.5 Å². The SMILES string of the molecule is CC1CCC2(CC1)NC(=O)N(NC(=O)CN[C@@H](C)c1ccc(Cl)cc1Cl)C2=O. The van der Waals surface area contributed by atoms with E-state index in [2.05, 4.69) is 23.0 Å². The Morgan fingerprint density at radius 3 is 2.64 bits per heavy atom. The normalized spacial score (nSPS) is 25.7. The fourth-order valence-electron chi connectivity index (χ4n) is 3.69. The summed E-state index contributed by atoms with van der Waals surface area (Å²) in [6, 6.07) is 4.34. The standard InChI is InChI=1S/C19H24Cl2N4O3/c1-11-5-7-19(8-6-11)17(27)25(18(28)23-19)24-16(26)10-22-12(2)14-4-3-13(20)9-15(14)21/h3-4,9,11-12,22H,5-8,10H2,1-2H3,(H,23,28)(H,24,26)/t11?,12-,19?/m0/s1. The maximum Gasteiger partial charge on any atom is 0.344 e. The van der Waals surface area contributed by atoms with Crippen molar-refractivity contribution in [1.82, 2.24) is 21.1 Å². The predicted octanol–water partition coefficient (Wildman–Crippen LogP) is 3.18. The number of urea groups is 1. The molecule has 1 aliphatic heterocycles. The van der Waals surface area contributed by atoms with E-state index < -0.39 is 17.5 Å². The van der Waals surface area contributed by atoms with Crippen LogP contribution in [0.25, 0.3) is 0 Å². The highest BCUT2D eigenvalue weighted by atomic mass is 35.5. The van der Waals surface area contributed by atoms with E-state index in [9.17, 15) is 14.4 Å². The van der Waals surface area contributed by atoms with Crippen molar-refractivity contribution in [3.63, 3.8) is 0 Å². The number of hydrogen-bond donors (Lipinski definition) is 3. The van der Waals surface area contributed by atoms with Crippen molar-refractivity contribution in [2.75, 3.05) is 6.54 Å². The van der Waals surface area contributed by atoms with E-state index in [4.69, 9.17) is 23.2 Å². The molecule has 0 radical (unpaired) electrons. The molecule has 1 atom stereocenters. The molecule has 0 bridgehead atoms. The summed E-state index contributed by atoms with van der Waals surface area (Å²) in [5.41, 5.74) is 2.32. The molecule has 1 spiro atoms. The Labute approximate surface area is 174 Å². The first-order chi connectivity index (χ1) is 13.2. The lowest BCUT2D eigenvalue weighted by molar-refractivity contribution is -0.139. The first-order valence-corrected chi connectivity index (χ1v) is 10.1. The van der Waals surface area contributed by atoms with Crippen LogP contribution in [0.4, 0.5) is 4.79 Å². The van der Waals surface area contributed by atoms with Crippen molar-refractivity contribution in [2.24, 2.45) is 5.92 Å². The molecule has 4 amide bonds. The van der Waals surface area contributed by atoms with Gasteiger partial charge in [-0.1, -0.05) is 36.2 Å². The smallest absolute Gasteiger partial charge is 0.322 e. The Balaban J connectivity index is 1.56. The van der Waals surface area contributed by atoms with Gasteiger partial charge in [0.25, 0.3) is 11.8 Å². The highest BCUT2D eigenvalue weighted by molar-refractivity contribution is 6.35. The lowest BCUT2D eigenvalue weighted by Crippen LogP contribution is -2.52. The fraction of sp³-hybridized carbons (Fsp3) is 0.526. The van der Waals surface area contributed by atoms with Gasteiger partial charge >= 0.3 is 6.03 Å². The number of carbonyl (C=O) groups is 3. The molecule has 1 aliphatic carbocycles. The molecule has 9 heteroatoms. The van der Waals surface area contributed by atoms with Crippen molar-refractivity contribution in [1.29, 1.82) is 0 Å². The van der Waals surface area contributed by atoms with Crippen molar-refractivity contribution < 1.29 is 14.4 Å². The van der Waals surface area contributed by atoms with Gasteiger partial charge in [0.15, 0.2) is 0 Å². The van der Waals surface area contributed by atoms with Crippen LogP contribution in [-0.2, 0) is 9.59 Å². The van der Waals surface area contributed by atoms with Crippen LogP contribution in [0.2, 0.25) is 10.0 Å². The zero-order valence-corrected chi connectivity index (χ0v) is 17.4.